The van der Waals surface area contributed by atoms with Crippen LogP contribution in [0.2, 0.25) is 0 Å². The van der Waals surface area contributed by atoms with E-state index < -0.39 is 17.0 Å². The van der Waals surface area contributed by atoms with Crippen LogP contribution in [0.1, 0.15) is 80.1 Å². The van der Waals surface area contributed by atoms with Crippen molar-refractivity contribution in [2.24, 2.45) is 5.41 Å². The number of nitrogens with two attached hydrogens (primary N) is 1. The van der Waals surface area contributed by atoms with Crippen LogP contribution in [0.3, 0.4) is 0 Å². The molecule has 0 unspecified atom stereocenters. The maximum Gasteiger partial charge on any atom is 0.394 e. The summed E-state index contributed by atoms with van der Waals surface area (Å²) in [5, 5.41) is 7.50. The van der Waals surface area contributed by atoms with Crippen LogP contribution in [0.5, 0.6) is 0 Å². The third-order valence-corrected chi connectivity index (χ3v) is 7.90. The van der Waals surface area contributed by atoms with Crippen molar-refractivity contribution in [2.45, 2.75) is 74.6 Å². The van der Waals surface area contributed by atoms with Crippen LogP contribution in [-0.4, -0.2) is 39.6 Å². The Morgan fingerprint density at radius 1 is 1.19 bits per heavy atom. The lowest BCUT2D eigenvalue weighted by atomic mass is 9.33. The molecule has 1 aliphatic heterocycles. The number of rotatable bonds is 5. The van der Waals surface area contributed by atoms with E-state index >= 15 is 0 Å². The number of alkyl halides is 3. The van der Waals surface area contributed by atoms with E-state index in [9.17, 15) is 13.2 Å². The van der Waals surface area contributed by atoms with Crippen molar-refractivity contribution in [1.29, 1.82) is 0 Å². The van der Waals surface area contributed by atoms with E-state index in [0.717, 1.165) is 12.0 Å². The standard InChI is InChI=1S/C22H27F3N6O/c1-27-16-17(20-9-21(10-20,11-20)22(23,24)25)29-19(30-18(16)26)12-4-5-32-15(6-12)13-7-28-31(8-13)14-2-3-14/h7-8,12,14-15,27H,2-6,9-11H2,1H3,(H2,26,29,30)/t12-,15+,20?,21?/m0/s1. The summed E-state index contributed by atoms with van der Waals surface area (Å²) in [5.41, 5.74) is 6.44. The number of hydrogen-bond acceptors (Lipinski definition) is 6. The van der Waals surface area contributed by atoms with E-state index in [0.29, 0.717) is 42.1 Å². The van der Waals surface area contributed by atoms with E-state index in [1.165, 1.54) is 12.8 Å². The minimum absolute atomic E-state index is 0.0360. The molecule has 0 spiro atoms. The predicted molar refractivity (Wildman–Crippen MR) is 111 cm³/mol. The third kappa shape index (κ3) is 2.87. The Hall–Kier alpha value is -2.36. The zero-order valence-electron chi connectivity index (χ0n) is 18.0. The normalized spacial score (nSPS) is 34.0. The molecule has 7 nitrogen and oxygen atoms in total. The average molecular weight is 448 g/mol. The van der Waals surface area contributed by atoms with Gasteiger partial charge in [0.05, 0.1) is 35.1 Å². The van der Waals surface area contributed by atoms with Crippen molar-refractivity contribution in [3.05, 3.63) is 29.5 Å². The molecule has 7 rings (SSSR count). The second kappa shape index (κ2) is 6.59. The molecule has 0 aromatic carbocycles. The average Bonchev–Trinajstić information content (AvgIpc) is 3.41. The quantitative estimate of drug-likeness (QED) is 0.711. The molecule has 4 saturated carbocycles. The van der Waals surface area contributed by atoms with E-state index in [4.69, 9.17) is 15.5 Å². The van der Waals surface area contributed by atoms with E-state index in [2.05, 4.69) is 21.6 Å². The molecule has 2 bridgehead atoms. The van der Waals surface area contributed by atoms with Gasteiger partial charge in [-0.25, -0.2) is 9.97 Å². The van der Waals surface area contributed by atoms with Gasteiger partial charge in [0.25, 0.3) is 0 Å². The molecule has 10 heteroatoms. The molecular formula is C22H27F3N6O. The van der Waals surface area contributed by atoms with Crippen LogP contribution in [0.25, 0.3) is 0 Å². The highest BCUT2D eigenvalue weighted by molar-refractivity contribution is 5.68. The highest BCUT2D eigenvalue weighted by atomic mass is 19.4. The van der Waals surface area contributed by atoms with E-state index in [1.807, 2.05) is 10.9 Å². The van der Waals surface area contributed by atoms with Crippen LogP contribution in [0.15, 0.2) is 12.4 Å². The van der Waals surface area contributed by atoms with Gasteiger partial charge in [-0.2, -0.15) is 18.3 Å². The molecule has 2 aromatic rings. The van der Waals surface area contributed by atoms with Gasteiger partial charge < -0.3 is 15.8 Å². The molecule has 1 saturated heterocycles. The van der Waals surface area contributed by atoms with Crippen LogP contribution < -0.4 is 11.1 Å². The van der Waals surface area contributed by atoms with Crippen LogP contribution in [0, 0.1) is 5.41 Å². The van der Waals surface area contributed by atoms with E-state index in [1.54, 1.807) is 7.05 Å². The summed E-state index contributed by atoms with van der Waals surface area (Å²) < 4.78 is 48.2. The van der Waals surface area contributed by atoms with E-state index in [-0.39, 0.29) is 31.3 Å². The SMILES string of the molecule is CNc1c(N)nc([C@H]2CCO[C@@H](c3cnn(C4CC4)c3)C2)nc1C12CC(C(F)(F)F)(C1)C2. The first kappa shape index (κ1) is 20.3. The maximum atomic E-state index is 13.4. The fourth-order valence-electron chi connectivity index (χ4n) is 5.97. The molecular weight excluding hydrogens is 421 g/mol. The van der Waals surface area contributed by atoms with Crippen molar-refractivity contribution in [3.8, 4) is 0 Å². The first-order valence-electron chi connectivity index (χ1n) is 11.3. The van der Waals surface area contributed by atoms with Gasteiger partial charge in [-0.3, -0.25) is 4.68 Å². The Labute approximate surface area is 183 Å². The van der Waals surface area contributed by atoms with Gasteiger partial charge in [0.15, 0.2) is 5.82 Å². The molecule has 0 radical (unpaired) electrons. The number of nitrogen functional groups attached to an aromatic ring is 1. The molecule has 172 valence electrons. The summed E-state index contributed by atoms with van der Waals surface area (Å²) >= 11 is 0. The van der Waals surface area contributed by atoms with Crippen LogP contribution in [-0.2, 0) is 10.2 Å². The minimum atomic E-state index is -4.16. The Kier molecular flexibility index (Phi) is 4.17. The number of anilines is 2. The number of halogens is 3. The molecule has 4 aliphatic carbocycles. The van der Waals surface area contributed by atoms with Crippen molar-refractivity contribution in [2.75, 3.05) is 24.7 Å². The van der Waals surface area contributed by atoms with Crippen molar-refractivity contribution in [1.82, 2.24) is 19.7 Å². The first-order valence-corrected chi connectivity index (χ1v) is 11.3. The largest absolute Gasteiger partial charge is 0.394 e. The Morgan fingerprint density at radius 3 is 2.59 bits per heavy atom. The van der Waals surface area contributed by atoms with Gasteiger partial charge >= 0.3 is 6.18 Å². The van der Waals surface area contributed by atoms with Crippen LogP contribution >= 0.6 is 0 Å². The van der Waals surface area contributed by atoms with Gasteiger partial charge in [-0.15, -0.1) is 0 Å². The number of aromatic nitrogens is 4. The summed E-state index contributed by atoms with van der Waals surface area (Å²) in [5.74, 6) is 0.960. The minimum Gasteiger partial charge on any atom is -0.384 e. The lowest BCUT2D eigenvalue weighted by Gasteiger charge is -2.70. The second-order valence-corrected chi connectivity index (χ2v) is 10.1. The number of nitrogens with one attached hydrogen (secondary N) is 1. The fourth-order valence-corrected chi connectivity index (χ4v) is 5.97. The van der Waals surface area contributed by atoms with Gasteiger partial charge in [0, 0.05) is 36.7 Å². The highest BCUT2D eigenvalue weighted by Gasteiger charge is 2.79. The van der Waals surface area contributed by atoms with Gasteiger partial charge in [-0.05, 0) is 44.9 Å². The molecule has 3 N–H and O–H groups in total. The summed E-state index contributed by atoms with van der Waals surface area (Å²) in [6, 6.07) is 0.510. The Bertz CT molecular complexity index is 1040. The molecule has 3 heterocycles. The molecule has 0 amide bonds. The summed E-state index contributed by atoms with van der Waals surface area (Å²) in [6.07, 6.45) is 3.73. The van der Waals surface area contributed by atoms with Crippen LogP contribution in [0.4, 0.5) is 24.7 Å². The topological polar surface area (TPSA) is 90.9 Å². The second-order valence-electron chi connectivity index (χ2n) is 10.1. The highest BCUT2D eigenvalue weighted by Crippen LogP contribution is 2.79. The lowest BCUT2D eigenvalue weighted by molar-refractivity contribution is -0.337. The molecule has 32 heavy (non-hydrogen) atoms. The number of hydrogen-bond donors (Lipinski definition) is 2. The molecule has 5 aliphatic rings. The predicted octanol–water partition coefficient (Wildman–Crippen LogP) is 4.25. The zero-order chi connectivity index (χ0) is 22.3. The fraction of sp³-hybridized carbons (Fsp3) is 0.682. The zero-order valence-corrected chi connectivity index (χ0v) is 18.0. The summed E-state index contributed by atoms with van der Waals surface area (Å²) in [4.78, 5) is 9.41. The van der Waals surface area contributed by atoms with Crippen molar-refractivity contribution >= 4 is 11.5 Å². The number of ether oxygens (including phenoxy) is 1. The molecule has 2 atom stereocenters. The Balaban J connectivity index is 1.26. The molecule has 5 fully saturated rings. The smallest absolute Gasteiger partial charge is 0.384 e. The summed E-state index contributed by atoms with van der Waals surface area (Å²) in [7, 11) is 1.71. The number of nitrogens with zero attached hydrogens (tertiary/aromatic N) is 4. The molecule has 2 aromatic heterocycles. The van der Waals surface area contributed by atoms with Gasteiger partial charge in [0.1, 0.15) is 5.82 Å². The Morgan fingerprint density at radius 2 is 1.94 bits per heavy atom. The van der Waals surface area contributed by atoms with Crippen molar-refractivity contribution in [3.63, 3.8) is 0 Å². The van der Waals surface area contributed by atoms with Crippen molar-refractivity contribution < 1.29 is 17.9 Å². The maximum absolute atomic E-state index is 13.4. The van der Waals surface area contributed by atoms with Gasteiger partial charge in [0.2, 0.25) is 0 Å². The summed E-state index contributed by atoms with van der Waals surface area (Å²) in [6.45, 7) is 0.568. The first-order chi connectivity index (χ1) is 15.2. The van der Waals surface area contributed by atoms with Gasteiger partial charge in [-0.1, -0.05) is 0 Å². The third-order valence-electron chi connectivity index (χ3n) is 7.90. The lowest BCUT2D eigenvalue weighted by Crippen LogP contribution is -2.70. The monoisotopic (exact) mass is 448 g/mol.